The number of anilines is 2. The van der Waals surface area contributed by atoms with Gasteiger partial charge in [0.1, 0.15) is 34.5 Å². The maximum Gasteiger partial charge on any atom is 0.171 e. The number of hydrogen-bond donors (Lipinski definition) is 0. The number of hydrogen-bond acceptors (Lipinski definition) is 7. The van der Waals surface area contributed by atoms with Gasteiger partial charge in [-0.2, -0.15) is 0 Å². The fourth-order valence-electron chi connectivity index (χ4n) is 7.29. The first kappa shape index (κ1) is 36.3. The second-order valence-corrected chi connectivity index (χ2v) is 16.8. The number of fused-ring (bicyclic) bond motifs is 2. The lowest BCUT2D eigenvalue weighted by Crippen LogP contribution is -2.31. The van der Waals surface area contributed by atoms with Gasteiger partial charge < -0.3 is 33.3 Å². The molecule has 2 aliphatic heterocycles. The highest BCUT2D eigenvalue weighted by atomic mass is 31.2. The van der Waals surface area contributed by atoms with E-state index in [-0.39, 0.29) is 0 Å². The molecule has 0 saturated heterocycles. The predicted molar refractivity (Wildman–Crippen MR) is 231 cm³/mol. The Bertz CT molecular complexity index is 2590. The van der Waals surface area contributed by atoms with Crippen molar-refractivity contribution in [1.29, 1.82) is 0 Å². The van der Waals surface area contributed by atoms with Crippen LogP contribution in [0, 0.1) is 24.7 Å². The summed E-state index contributed by atoms with van der Waals surface area (Å²) < 4.78 is 40.1. The first-order chi connectivity index (χ1) is 28.4. The molecule has 8 heteroatoms. The van der Waals surface area contributed by atoms with Crippen molar-refractivity contribution in [3.05, 3.63) is 186 Å². The fraction of sp³-hybridized carbons (Fsp3) is 0.0800. The van der Waals surface area contributed by atoms with Gasteiger partial charge in [-0.25, -0.2) is 0 Å². The number of ether oxygens (including phenoxy) is 4. The van der Waals surface area contributed by atoms with Gasteiger partial charge in [-0.3, -0.25) is 0 Å². The third-order valence-electron chi connectivity index (χ3n) is 10.3. The van der Waals surface area contributed by atoms with Crippen LogP contribution in [-0.2, 0) is 17.7 Å². The summed E-state index contributed by atoms with van der Waals surface area (Å²) in [7, 11) is -3.28. The highest BCUT2D eigenvalue weighted by molar-refractivity contribution is 7.85. The molecule has 58 heavy (non-hydrogen) atoms. The second kappa shape index (κ2) is 15.7. The van der Waals surface area contributed by atoms with Crippen LogP contribution in [0.2, 0.25) is 0 Å². The molecule has 9 rings (SSSR count). The Morgan fingerprint density at radius 1 is 0.483 bits per heavy atom. The van der Waals surface area contributed by atoms with Crippen LogP contribution in [0.1, 0.15) is 22.3 Å². The maximum absolute atomic E-state index is 15.3. The Balaban J connectivity index is 0.919. The van der Waals surface area contributed by atoms with Crippen molar-refractivity contribution in [2.45, 2.75) is 13.1 Å². The molecule has 0 atom stereocenters. The molecule has 7 aromatic rings. The Hall–Kier alpha value is -7.31. The average molecular weight is 777 g/mol. The molecule has 7 nitrogen and oxygen atoms in total. The molecule has 0 saturated carbocycles. The molecule has 0 aromatic heterocycles. The van der Waals surface area contributed by atoms with Gasteiger partial charge in [-0.1, -0.05) is 54.3 Å². The number of benzene rings is 7. The van der Waals surface area contributed by atoms with Gasteiger partial charge >= 0.3 is 0 Å². The molecule has 0 amide bonds. The Labute approximate surface area is 338 Å². The van der Waals surface area contributed by atoms with Gasteiger partial charge in [0, 0.05) is 62.6 Å². The summed E-state index contributed by atoms with van der Waals surface area (Å²) in [4.78, 5) is 4.25. The highest BCUT2D eigenvalue weighted by Crippen LogP contribution is 2.44. The summed E-state index contributed by atoms with van der Waals surface area (Å²) in [5.74, 6) is 9.64. The van der Waals surface area contributed by atoms with Crippen LogP contribution >= 0.6 is 7.14 Å². The lowest BCUT2D eigenvalue weighted by molar-refractivity contribution is 0.288. The normalized spacial score (nSPS) is 13.1. The summed E-state index contributed by atoms with van der Waals surface area (Å²) in [5, 5.41) is 2.11. The predicted octanol–water partition coefficient (Wildman–Crippen LogP) is 9.59. The molecule has 0 unspecified atom stereocenters. The van der Waals surface area contributed by atoms with E-state index in [1.165, 1.54) is 0 Å². The summed E-state index contributed by atoms with van der Waals surface area (Å²) in [6.45, 7) is 2.14. The minimum Gasteiger partial charge on any atom is -0.473 e. The largest absolute Gasteiger partial charge is 0.473 e. The summed E-state index contributed by atoms with van der Waals surface area (Å²) in [5.41, 5.74) is 5.64. The first-order valence-electron chi connectivity index (χ1n) is 18.8. The van der Waals surface area contributed by atoms with Crippen LogP contribution in [0.25, 0.3) is 0 Å². The summed E-state index contributed by atoms with van der Waals surface area (Å²) in [6, 6.07) is 52.0. The Morgan fingerprint density at radius 2 is 0.914 bits per heavy atom. The number of rotatable bonds is 9. The van der Waals surface area contributed by atoms with E-state index >= 15 is 4.57 Å². The quantitative estimate of drug-likeness (QED) is 0.107. The average Bonchev–Trinajstić information content (AvgIpc) is 3.29. The van der Waals surface area contributed by atoms with Crippen molar-refractivity contribution in [2.75, 3.05) is 23.3 Å². The molecule has 282 valence electrons. The van der Waals surface area contributed by atoms with Crippen LogP contribution in [0.5, 0.6) is 34.5 Å². The van der Waals surface area contributed by atoms with Crippen molar-refractivity contribution in [2.24, 2.45) is 0 Å². The van der Waals surface area contributed by atoms with Gasteiger partial charge in [0.05, 0.1) is 0 Å². The smallest absolute Gasteiger partial charge is 0.171 e. The zero-order chi connectivity index (χ0) is 39.5. The fourth-order valence-corrected chi connectivity index (χ4v) is 9.91. The van der Waals surface area contributed by atoms with Gasteiger partial charge in [0.2, 0.25) is 0 Å². The molecule has 0 N–H and O–H groups in total. The summed E-state index contributed by atoms with van der Waals surface area (Å²) >= 11 is 0. The highest BCUT2D eigenvalue weighted by Gasteiger charge is 2.30. The second-order valence-electron chi connectivity index (χ2n) is 14.0. The van der Waals surface area contributed by atoms with Crippen molar-refractivity contribution >= 4 is 34.4 Å². The van der Waals surface area contributed by atoms with Crippen LogP contribution in [0.4, 0.5) is 11.4 Å². The van der Waals surface area contributed by atoms with Crippen molar-refractivity contribution in [3.63, 3.8) is 0 Å². The van der Waals surface area contributed by atoms with E-state index in [1.54, 1.807) is 0 Å². The minimum absolute atomic E-state index is 0.425. The molecular formula is C50H37N2O5P. The molecule has 0 bridgehead atoms. The maximum atomic E-state index is 15.3. The van der Waals surface area contributed by atoms with Crippen molar-refractivity contribution < 1.29 is 23.5 Å². The van der Waals surface area contributed by atoms with E-state index in [0.717, 1.165) is 50.4 Å². The van der Waals surface area contributed by atoms with Gasteiger partial charge in [0.15, 0.2) is 20.6 Å². The Kier molecular flexibility index (Phi) is 9.82. The van der Waals surface area contributed by atoms with Gasteiger partial charge in [-0.15, -0.1) is 12.8 Å². The monoisotopic (exact) mass is 776 g/mol. The minimum atomic E-state index is -3.28. The third kappa shape index (κ3) is 7.36. The number of terminal acetylenes is 2. The lowest BCUT2D eigenvalue weighted by Gasteiger charge is -2.31. The van der Waals surface area contributed by atoms with Crippen LogP contribution in [0.15, 0.2) is 164 Å². The number of nitrogens with zero attached hydrogens (tertiary/aromatic N) is 2. The molecule has 2 aliphatic rings. The van der Waals surface area contributed by atoms with Gasteiger partial charge in [0.25, 0.3) is 0 Å². The van der Waals surface area contributed by atoms with E-state index in [0.29, 0.717) is 60.2 Å². The zero-order valence-electron chi connectivity index (χ0n) is 31.5. The molecule has 0 fully saturated rings. The van der Waals surface area contributed by atoms with Crippen LogP contribution in [0.3, 0.4) is 0 Å². The van der Waals surface area contributed by atoms with E-state index in [9.17, 15) is 0 Å². The molecule has 0 spiro atoms. The third-order valence-corrected chi connectivity index (χ3v) is 13.4. The SMILES string of the molecule is C#Cc1cccc(N2COc3ccc(Oc4ccc(P(=O)(c5ccccc5)c5ccc(Oc6ccc7c(c6)CN(c6cccc(C#C)c6)CO7)cc5)cc4)cc3C2)c1. The van der Waals surface area contributed by atoms with E-state index < -0.39 is 7.14 Å². The van der Waals surface area contributed by atoms with Gasteiger partial charge in [-0.05, 0) is 121 Å². The van der Waals surface area contributed by atoms with Crippen molar-refractivity contribution in [3.8, 4) is 59.2 Å². The first-order valence-corrected chi connectivity index (χ1v) is 20.5. The summed E-state index contributed by atoms with van der Waals surface area (Å²) in [6.07, 6.45) is 11.3. The van der Waals surface area contributed by atoms with E-state index in [1.807, 2.05) is 164 Å². The molecule has 7 aromatic carbocycles. The topological polar surface area (TPSA) is 60.5 Å². The molecule has 0 radical (unpaired) electrons. The van der Waals surface area contributed by atoms with Crippen LogP contribution in [-0.4, -0.2) is 13.5 Å². The lowest BCUT2D eigenvalue weighted by atomic mass is 10.1. The van der Waals surface area contributed by atoms with E-state index in [4.69, 9.17) is 31.8 Å². The van der Waals surface area contributed by atoms with Crippen molar-refractivity contribution in [1.82, 2.24) is 0 Å². The van der Waals surface area contributed by atoms with E-state index in [2.05, 4.69) is 21.6 Å². The zero-order valence-corrected chi connectivity index (χ0v) is 32.3. The molecule has 2 heterocycles. The standard InChI is InChI=1S/C50H37N2O5P/c1-3-36-10-8-12-40(28-36)51-32-38-30-44(20-26-49(38)54-34-51)56-42-16-22-47(23-17-42)58(53,46-14-6-5-7-15-46)48-24-18-43(19-25-48)57-45-21-27-50-39(31-45)33-52(35-55-50)41-13-9-11-37(4-2)29-41/h1-2,5-31H,32-35H2. The molecular weight excluding hydrogens is 740 g/mol. The molecule has 0 aliphatic carbocycles. The Morgan fingerprint density at radius 3 is 1.36 bits per heavy atom. The van der Waals surface area contributed by atoms with Crippen LogP contribution < -0.4 is 44.7 Å².